The van der Waals surface area contributed by atoms with Crippen LogP contribution >= 0.6 is 0 Å². The zero-order valence-corrected chi connectivity index (χ0v) is 11.9. The molecule has 1 amide bonds. The van der Waals surface area contributed by atoms with E-state index in [-0.39, 0.29) is 5.92 Å². The monoisotopic (exact) mass is 252 g/mol. The molecule has 0 aliphatic heterocycles. The van der Waals surface area contributed by atoms with E-state index in [2.05, 4.69) is 11.8 Å². The van der Waals surface area contributed by atoms with Crippen LogP contribution in [0.3, 0.4) is 0 Å². The van der Waals surface area contributed by atoms with Crippen LogP contribution in [0.15, 0.2) is 0 Å². The quantitative estimate of drug-likeness (QED) is 0.838. The summed E-state index contributed by atoms with van der Waals surface area (Å²) in [4.78, 5) is 14.7. The molecule has 3 heteroatoms. The lowest BCUT2D eigenvalue weighted by Crippen LogP contribution is -2.46. The van der Waals surface area contributed by atoms with Crippen molar-refractivity contribution in [2.45, 2.75) is 57.9 Å². The highest BCUT2D eigenvalue weighted by molar-refractivity contribution is 5.79. The number of hydrogen-bond acceptors (Lipinski definition) is 2. The molecule has 2 N–H and O–H groups in total. The van der Waals surface area contributed by atoms with Crippen molar-refractivity contribution >= 4 is 5.91 Å². The molecular formula is C15H28N2O. The Bertz CT molecular complexity index is 292. The number of hydrogen-bond donors (Lipinski definition) is 1. The molecule has 0 radical (unpaired) electrons. The Kier molecular flexibility index (Phi) is 4.66. The van der Waals surface area contributed by atoms with Crippen LogP contribution in [0.1, 0.15) is 51.9 Å². The molecule has 18 heavy (non-hydrogen) atoms. The summed E-state index contributed by atoms with van der Waals surface area (Å²) in [5, 5.41) is 0. The predicted molar refractivity (Wildman–Crippen MR) is 74.1 cm³/mol. The van der Waals surface area contributed by atoms with Gasteiger partial charge in [-0.2, -0.15) is 0 Å². The Morgan fingerprint density at radius 2 is 1.89 bits per heavy atom. The van der Waals surface area contributed by atoms with E-state index in [0.717, 1.165) is 12.8 Å². The largest absolute Gasteiger partial charge is 0.342 e. The fraction of sp³-hybridized carbons (Fsp3) is 0.933. The summed E-state index contributed by atoms with van der Waals surface area (Å²) in [5.41, 5.74) is 5.80. The molecule has 4 atom stereocenters. The van der Waals surface area contributed by atoms with Crippen LogP contribution in [0.2, 0.25) is 0 Å². The van der Waals surface area contributed by atoms with Gasteiger partial charge in [-0.25, -0.2) is 0 Å². The number of carbonyl (C=O) groups is 1. The third-order valence-electron chi connectivity index (χ3n) is 5.19. The maximum atomic E-state index is 12.6. The molecule has 104 valence electrons. The fourth-order valence-electron chi connectivity index (χ4n) is 3.94. The standard InChI is InChI=1S/C15H28N2O/c1-11-6-3-4-9-14(11)17(2)15(18)13-8-5-7-12(13)10-16/h11-14H,3-10,16H2,1-2H3. The predicted octanol–water partition coefficient (Wildman–Crippen LogP) is 2.40. The van der Waals surface area contributed by atoms with E-state index >= 15 is 0 Å². The summed E-state index contributed by atoms with van der Waals surface area (Å²) in [6.45, 7) is 2.97. The lowest BCUT2D eigenvalue weighted by atomic mass is 9.84. The zero-order chi connectivity index (χ0) is 13.1. The van der Waals surface area contributed by atoms with Crippen molar-refractivity contribution in [1.29, 1.82) is 0 Å². The molecule has 0 aromatic rings. The average molecular weight is 252 g/mol. The molecule has 0 bridgehead atoms. The van der Waals surface area contributed by atoms with Crippen molar-refractivity contribution < 1.29 is 4.79 Å². The van der Waals surface area contributed by atoms with Crippen LogP contribution in [-0.2, 0) is 4.79 Å². The van der Waals surface area contributed by atoms with Gasteiger partial charge in [-0.05, 0) is 44.1 Å². The Balaban J connectivity index is 1.99. The first kappa shape index (κ1) is 13.9. The summed E-state index contributed by atoms with van der Waals surface area (Å²) >= 11 is 0. The molecule has 2 aliphatic carbocycles. The lowest BCUT2D eigenvalue weighted by molar-refractivity contribution is -0.139. The van der Waals surface area contributed by atoms with Gasteiger partial charge >= 0.3 is 0 Å². The number of rotatable bonds is 3. The summed E-state index contributed by atoms with van der Waals surface area (Å²) in [6, 6.07) is 0.463. The molecular weight excluding hydrogens is 224 g/mol. The topological polar surface area (TPSA) is 46.3 Å². The fourth-order valence-corrected chi connectivity index (χ4v) is 3.94. The summed E-state index contributed by atoms with van der Waals surface area (Å²) in [7, 11) is 2.01. The first-order valence-electron chi connectivity index (χ1n) is 7.62. The van der Waals surface area contributed by atoms with Crippen molar-refractivity contribution in [2.24, 2.45) is 23.5 Å². The minimum absolute atomic E-state index is 0.203. The van der Waals surface area contributed by atoms with E-state index in [4.69, 9.17) is 5.73 Å². The maximum absolute atomic E-state index is 12.6. The van der Waals surface area contributed by atoms with E-state index in [9.17, 15) is 4.79 Å². The number of nitrogens with zero attached hydrogens (tertiary/aromatic N) is 1. The minimum atomic E-state index is 0.203. The van der Waals surface area contributed by atoms with Crippen molar-refractivity contribution in [2.75, 3.05) is 13.6 Å². The molecule has 0 aromatic heterocycles. The normalized spacial score (nSPS) is 36.6. The van der Waals surface area contributed by atoms with Gasteiger partial charge in [0, 0.05) is 19.0 Å². The van der Waals surface area contributed by atoms with Crippen LogP contribution < -0.4 is 5.73 Å². The highest BCUT2D eigenvalue weighted by atomic mass is 16.2. The summed E-state index contributed by atoms with van der Waals surface area (Å²) in [6.07, 6.45) is 8.42. The first-order chi connectivity index (χ1) is 8.65. The maximum Gasteiger partial charge on any atom is 0.226 e. The van der Waals surface area contributed by atoms with Crippen LogP contribution in [-0.4, -0.2) is 30.4 Å². The van der Waals surface area contributed by atoms with Gasteiger partial charge in [0.2, 0.25) is 5.91 Å². The molecule has 0 saturated heterocycles. The SMILES string of the molecule is CC1CCCCC1N(C)C(=O)C1CCCC1CN. The van der Waals surface area contributed by atoms with Gasteiger partial charge in [-0.15, -0.1) is 0 Å². The second-order valence-electron chi connectivity index (χ2n) is 6.31. The smallest absolute Gasteiger partial charge is 0.226 e. The van der Waals surface area contributed by atoms with E-state index in [1.807, 2.05) is 7.05 Å². The molecule has 0 heterocycles. The second-order valence-corrected chi connectivity index (χ2v) is 6.31. The molecule has 2 saturated carbocycles. The van der Waals surface area contributed by atoms with Crippen molar-refractivity contribution in [1.82, 2.24) is 4.90 Å². The highest BCUT2D eigenvalue weighted by Gasteiger charge is 2.37. The molecule has 2 aliphatic rings. The van der Waals surface area contributed by atoms with Crippen molar-refractivity contribution in [3.8, 4) is 0 Å². The van der Waals surface area contributed by atoms with Gasteiger partial charge < -0.3 is 10.6 Å². The van der Waals surface area contributed by atoms with Gasteiger partial charge in [0.15, 0.2) is 0 Å². The van der Waals surface area contributed by atoms with E-state index < -0.39 is 0 Å². The molecule has 0 spiro atoms. The Morgan fingerprint density at radius 1 is 1.17 bits per heavy atom. The van der Waals surface area contributed by atoms with Crippen LogP contribution in [0.5, 0.6) is 0 Å². The Morgan fingerprint density at radius 3 is 2.56 bits per heavy atom. The van der Waals surface area contributed by atoms with E-state index in [0.29, 0.717) is 30.3 Å². The molecule has 2 fully saturated rings. The highest BCUT2D eigenvalue weighted by Crippen LogP contribution is 2.34. The number of carbonyl (C=O) groups excluding carboxylic acids is 1. The minimum Gasteiger partial charge on any atom is -0.342 e. The van der Waals surface area contributed by atoms with Crippen molar-refractivity contribution in [3.05, 3.63) is 0 Å². The van der Waals surface area contributed by atoms with Gasteiger partial charge in [-0.3, -0.25) is 4.79 Å². The molecule has 3 nitrogen and oxygen atoms in total. The van der Waals surface area contributed by atoms with Gasteiger partial charge in [0.05, 0.1) is 0 Å². The molecule has 2 rings (SSSR count). The van der Waals surface area contributed by atoms with Gasteiger partial charge in [0.1, 0.15) is 0 Å². The summed E-state index contributed by atoms with van der Waals surface area (Å²) < 4.78 is 0. The first-order valence-corrected chi connectivity index (χ1v) is 7.62. The Labute approximate surface area is 111 Å². The van der Waals surface area contributed by atoms with Crippen LogP contribution in [0.4, 0.5) is 0 Å². The molecule has 4 unspecified atom stereocenters. The van der Waals surface area contributed by atoms with Crippen LogP contribution in [0.25, 0.3) is 0 Å². The third kappa shape index (κ3) is 2.71. The van der Waals surface area contributed by atoms with E-state index in [1.54, 1.807) is 0 Å². The second kappa shape index (κ2) is 6.05. The average Bonchev–Trinajstić information content (AvgIpc) is 2.86. The van der Waals surface area contributed by atoms with Crippen molar-refractivity contribution in [3.63, 3.8) is 0 Å². The number of nitrogens with two attached hydrogens (primary N) is 1. The van der Waals surface area contributed by atoms with Crippen LogP contribution in [0, 0.1) is 17.8 Å². The zero-order valence-electron chi connectivity index (χ0n) is 11.9. The van der Waals surface area contributed by atoms with Gasteiger partial charge in [0.25, 0.3) is 0 Å². The number of amides is 1. The van der Waals surface area contributed by atoms with E-state index in [1.165, 1.54) is 32.1 Å². The Hall–Kier alpha value is -0.570. The summed E-state index contributed by atoms with van der Waals surface area (Å²) in [5.74, 6) is 1.65. The lowest BCUT2D eigenvalue weighted by Gasteiger charge is -2.38. The molecule has 0 aromatic carbocycles. The third-order valence-corrected chi connectivity index (χ3v) is 5.19. The van der Waals surface area contributed by atoms with Gasteiger partial charge in [-0.1, -0.05) is 26.2 Å².